The fourth-order valence-corrected chi connectivity index (χ4v) is 3.47. The zero-order chi connectivity index (χ0) is 18.6. The number of amides is 2. The molecule has 1 atom stereocenters. The van der Waals surface area contributed by atoms with Gasteiger partial charge in [0.05, 0.1) is 28.6 Å². The van der Waals surface area contributed by atoms with Crippen LogP contribution in [0.3, 0.4) is 0 Å². The lowest BCUT2D eigenvalue weighted by Crippen LogP contribution is -2.28. The van der Waals surface area contributed by atoms with Crippen LogP contribution in [0.15, 0.2) is 29.1 Å². The summed E-state index contributed by atoms with van der Waals surface area (Å²) in [6, 6.07) is 5.18. The maximum Gasteiger partial charge on any atom is 0.262 e. The predicted octanol–water partition coefficient (Wildman–Crippen LogP) is 0.0134. The molecule has 1 aromatic heterocycles. The fourth-order valence-electron chi connectivity index (χ4n) is 3.47. The highest BCUT2D eigenvalue weighted by atomic mass is 19.1. The quantitative estimate of drug-likeness (QED) is 0.651. The molecule has 2 amide bonds. The lowest BCUT2D eigenvalue weighted by Gasteiger charge is -2.24. The van der Waals surface area contributed by atoms with Gasteiger partial charge in [0.15, 0.2) is 0 Å². The SMILES string of the molecule is Nc1c2c(cc(=O)n1-c1cccc(F)c1N1CCC(O)C1)C(=O)NC2=O. The van der Waals surface area contributed by atoms with Gasteiger partial charge in [-0.2, -0.15) is 0 Å². The topological polar surface area (TPSA) is 118 Å². The summed E-state index contributed by atoms with van der Waals surface area (Å²) in [5.41, 5.74) is 5.43. The van der Waals surface area contributed by atoms with Crippen molar-refractivity contribution in [3.63, 3.8) is 0 Å². The van der Waals surface area contributed by atoms with E-state index in [0.29, 0.717) is 13.0 Å². The zero-order valence-corrected chi connectivity index (χ0v) is 13.5. The number of carbonyl (C=O) groups is 2. The van der Waals surface area contributed by atoms with Crippen molar-refractivity contribution in [2.24, 2.45) is 0 Å². The van der Waals surface area contributed by atoms with E-state index in [-0.39, 0.29) is 34.9 Å². The lowest BCUT2D eigenvalue weighted by atomic mass is 10.1. The van der Waals surface area contributed by atoms with Crippen molar-refractivity contribution in [2.75, 3.05) is 23.7 Å². The summed E-state index contributed by atoms with van der Waals surface area (Å²) >= 11 is 0. The van der Waals surface area contributed by atoms with Gasteiger partial charge in [0.1, 0.15) is 11.6 Å². The summed E-state index contributed by atoms with van der Waals surface area (Å²) in [5, 5.41) is 11.9. The molecule has 1 unspecified atom stereocenters. The number of nitrogens with zero attached hydrogens (tertiary/aromatic N) is 2. The highest BCUT2D eigenvalue weighted by molar-refractivity contribution is 6.23. The number of fused-ring (bicyclic) bond motifs is 1. The minimum Gasteiger partial charge on any atom is -0.391 e. The second-order valence-corrected chi connectivity index (χ2v) is 6.27. The van der Waals surface area contributed by atoms with Gasteiger partial charge in [-0.3, -0.25) is 24.3 Å². The maximum absolute atomic E-state index is 14.6. The molecule has 1 aromatic carbocycles. The molecule has 9 heteroatoms. The molecular formula is C17H15FN4O4. The average Bonchev–Trinajstić information content (AvgIpc) is 3.11. The van der Waals surface area contributed by atoms with Gasteiger partial charge in [-0.25, -0.2) is 4.39 Å². The monoisotopic (exact) mass is 358 g/mol. The van der Waals surface area contributed by atoms with Crippen molar-refractivity contribution in [3.05, 3.63) is 51.6 Å². The molecule has 4 rings (SSSR count). The number of rotatable bonds is 2. The van der Waals surface area contributed by atoms with Crippen molar-refractivity contribution in [1.82, 2.24) is 9.88 Å². The molecule has 2 aliphatic rings. The Morgan fingerprint density at radius 2 is 2.00 bits per heavy atom. The number of benzene rings is 1. The van der Waals surface area contributed by atoms with Gasteiger partial charge in [-0.05, 0) is 18.6 Å². The number of carbonyl (C=O) groups excluding carboxylic acids is 2. The first-order chi connectivity index (χ1) is 12.4. The summed E-state index contributed by atoms with van der Waals surface area (Å²) in [7, 11) is 0. The van der Waals surface area contributed by atoms with E-state index in [0.717, 1.165) is 10.6 Å². The van der Waals surface area contributed by atoms with Gasteiger partial charge in [0.2, 0.25) is 0 Å². The first kappa shape index (κ1) is 16.3. The van der Waals surface area contributed by atoms with Gasteiger partial charge < -0.3 is 15.7 Å². The molecule has 1 saturated heterocycles. The van der Waals surface area contributed by atoms with Crippen LogP contribution in [-0.2, 0) is 0 Å². The normalized spacial score (nSPS) is 19.0. The number of aliphatic hydroxyl groups excluding tert-OH is 1. The van der Waals surface area contributed by atoms with Crippen molar-refractivity contribution in [1.29, 1.82) is 0 Å². The highest BCUT2D eigenvalue weighted by Crippen LogP contribution is 2.32. The van der Waals surface area contributed by atoms with E-state index in [1.807, 2.05) is 0 Å². The number of aromatic nitrogens is 1. The summed E-state index contributed by atoms with van der Waals surface area (Å²) in [4.78, 5) is 38.0. The fraction of sp³-hybridized carbons (Fsp3) is 0.235. The van der Waals surface area contributed by atoms with Crippen LogP contribution in [0.2, 0.25) is 0 Å². The third kappa shape index (κ3) is 2.28. The Kier molecular flexibility index (Phi) is 3.55. The summed E-state index contributed by atoms with van der Waals surface area (Å²) in [5.74, 6) is -2.21. The van der Waals surface area contributed by atoms with Crippen LogP contribution in [0.5, 0.6) is 0 Å². The molecule has 3 heterocycles. The van der Waals surface area contributed by atoms with Gasteiger partial charge in [-0.15, -0.1) is 0 Å². The number of nitrogens with two attached hydrogens (primary N) is 1. The number of β-amino-alcohol motifs (C(OH)–C–C–N with tert-alkyl or cyclic N) is 1. The Hall–Kier alpha value is -3.20. The van der Waals surface area contributed by atoms with E-state index in [9.17, 15) is 23.9 Å². The molecule has 0 radical (unpaired) electrons. The maximum atomic E-state index is 14.6. The minimum absolute atomic E-state index is 0.0942. The van der Waals surface area contributed by atoms with Crippen molar-refractivity contribution in [3.8, 4) is 5.69 Å². The third-order valence-corrected chi connectivity index (χ3v) is 4.64. The summed E-state index contributed by atoms with van der Waals surface area (Å²) in [6.07, 6.45) is -0.126. The van der Waals surface area contributed by atoms with Crippen LogP contribution in [-0.4, -0.2) is 40.7 Å². The van der Waals surface area contributed by atoms with Gasteiger partial charge in [-0.1, -0.05) is 6.07 Å². The van der Waals surface area contributed by atoms with Crippen LogP contribution < -0.4 is 21.5 Å². The standard InChI is InChI=1S/C17H15FN4O4/c18-10-2-1-3-11(14(10)21-5-4-8(23)7-21)22-12(24)6-9-13(15(22)19)17(26)20-16(9)25/h1-3,6,8,23H,4-5,7,19H2,(H,20,25,26). The van der Waals surface area contributed by atoms with Gasteiger partial charge in [0.25, 0.3) is 17.4 Å². The van der Waals surface area contributed by atoms with E-state index < -0.39 is 29.3 Å². The third-order valence-electron chi connectivity index (χ3n) is 4.64. The Labute approximate surface area is 146 Å². The van der Waals surface area contributed by atoms with E-state index in [4.69, 9.17) is 5.73 Å². The molecule has 4 N–H and O–H groups in total. The van der Waals surface area contributed by atoms with E-state index >= 15 is 0 Å². The van der Waals surface area contributed by atoms with Gasteiger partial charge >= 0.3 is 0 Å². The molecule has 134 valence electrons. The smallest absolute Gasteiger partial charge is 0.262 e. The number of imide groups is 1. The molecular weight excluding hydrogens is 343 g/mol. The van der Waals surface area contributed by atoms with Crippen LogP contribution in [0.25, 0.3) is 5.69 Å². The summed E-state index contributed by atoms with van der Waals surface area (Å²) < 4.78 is 15.6. The molecule has 8 nitrogen and oxygen atoms in total. The van der Waals surface area contributed by atoms with Crippen LogP contribution >= 0.6 is 0 Å². The first-order valence-corrected chi connectivity index (χ1v) is 8.01. The number of pyridine rings is 1. The van der Waals surface area contributed by atoms with E-state index in [2.05, 4.69) is 5.32 Å². The molecule has 26 heavy (non-hydrogen) atoms. The Balaban J connectivity index is 1.97. The molecule has 1 fully saturated rings. The highest BCUT2D eigenvalue weighted by Gasteiger charge is 2.33. The number of hydrogen-bond donors (Lipinski definition) is 3. The predicted molar refractivity (Wildman–Crippen MR) is 91.0 cm³/mol. The van der Waals surface area contributed by atoms with Crippen LogP contribution in [0.1, 0.15) is 27.1 Å². The van der Waals surface area contributed by atoms with Crippen molar-refractivity contribution in [2.45, 2.75) is 12.5 Å². The largest absolute Gasteiger partial charge is 0.391 e. The first-order valence-electron chi connectivity index (χ1n) is 8.01. The molecule has 0 aliphatic carbocycles. The van der Waals surface area contributed by atoms with E-state index in [1.54, 1.807) is 4.90 Å². The molecule has 2 aliphatic heterocycles. The zero-order valence-electron chi connectivity index (χ0n) is 13.5. The van der Waals surface area contributed by atoms with Crippen molar-refractivity contribution < 1.29 is 19.1 Å². The number of nitrogens with one attached hydrogen (secondary N) is 1. The van der Waals surface area contributed by atoms with E-state index in [1.165, 1.54) is 18.2 Å². The Morgan fingerprint density at radius 3 is 2.69 bits per heavy atom. The Morgan fingerprint density at radius 1 is 1.23 bits per heavy atom. The number of nitrogen functional groups attached to an aromatic ring is 1. The molecule has 0 bridgehead atoms. The van der Waals surface area contributed by atoms with Crippen molar-refractivity contribution >= 4 is 23.3 Å². The van der Waals surface area contributed by atoms with Gasteiger partial charge in [0, 0.05) is 19.2 Å². The number of halogens is 1. The van der Waals surface area contributed by atoms with Crippen LogP contribution in [0, 0.1) is 5.82 Å². The number of hydrogen-bond acceptors (Lipinski definition) is 6. The molecule has 0 saturated carbocycles. The van der Waals surface area contributed by atoms with Crippen LogP contribution in [0.4, 0.5) is 15.9 Å². The number of para-hydroxylation sites is 1. The Bertz CT molecular complexity index is 1020. The molecule has 0 spiro atoms. The summed E-state index contributed by atoms with van der Waals surface area (Å²) in [6.45, 7) is 0.625. The average molecular weight is 358 g/mol. The number of aliphatic hydroxyl groups is 1. The second-order valence-electron chi connectivity index (χ2n) is 6.27. The minimum atomic E-state index is -0.703. The lowest BCUT2D eigenvalue weighted by molar-refractivity contribution is 0.0880. The number of anilines is 2. The molecule has 2 aromatic rings. The second kappa shape index (κ2) is 5.67.